The van der Waals surface area contributed by atoms with Gasteiger partial charge in [0.15, 0.2) is 0 Å². The Morgan fingerprint density at radius 2 is 2.18 bits per heavy atom. The number of hydrogen-bond donors (Lipinski definition) is 1. The second kappa shape index (κ2) is 5.54. The molecule has 2 nitrogen and oxygen atoms in total. The molecule has 17 heavy (non-hydrogen) atoms. The molecular weight excluding hydrogens is 320 g/mol. The number of nitriles is 1. The van der Waals surface area contributed by atoms with E-state index in [0.717, 1.165) is 19.9 Å². The second-order valence-corrected chi connectivity index (χ2v) is 5.79. The van der Waals surface area contributed by atoms with Crippen molar-refractivity contribution in [3.8, 4) is 6.07 Å². The molecule has 0 saturated carbocycles. The van der Waals surface area contributed by atoms with Gasteiger partial charge in [-0.15, -0.1) is 11.3 Å². The van der Waals surface area contributed by atoms with Gasteiger partial charge in [-0.25, -0.2) is 0 Å². The van der Waals surface area contributed by atoms with Crippen LogP contribution in [0.15, 0.2) is 34.8 Å². The van der Waals surface area contributed by atoms with Gasteiger partial charge in [0, 0.05) is 21.6 Å². The molecule has 0 fully saturated rings. The first kappa shape index (κ1) is 12.4. The van der Waals surface area contributed by atoms with Gasteiger partial charge in [-0.1, -0.05) is 11.6 Å². The van der Waals surface area contributed by atoms with Crippen LogP contribution in [0.25, 0.3) is 0 Å². The summed E-state index contributed by atoms with van der Waals surface area (Å²) < 4.78 is 0.882. The molecule has 0 amide bonds. The summed E-state index contributed by atoms with van der Waals surface area (Å²) in [7, 11) is 0. The van der Waals surface area contributed by atoms with E-state index in [4.69, 9.17) is 16.9 Å². The maximum atomic E-state index is 8.72. The lowest BCUT2D eigenvalue weighted by Crippen LogP contribution is -1.96. The van der Waals surface area contributed by atoms with E-state index >= 15 is 0 Å². The third-order valence-electron chi connectivity index (χ3n) is 2.16. The molecule has 86 valence electrons. The van der Waals surface area contributed by atoms with E-state index in [9.17, 15) is 0 Å². The quantitative estimate of drug-likeness (QED) is 0.891. The lowest BCUT2D eigenvalue weighted by molar-refractivity contribution is 1.19. The molecule has 0 radical (unpaired) electrons. The van der Waals surface area contributed by atoms with Gasteiger partial charge in [0.2, 0.25) is 0 Å². The van der Waals surface area contributed by atoms with Crippen LogP contribution in [0, 0.1) is 11.3 Å². The Kier molecular flexibility index (Phi) is 4.06. The van der Waals surface area contributed by atoms with Gasteiger partial charge in [-0.3, -0.25) is 0 Å². The predicted octanol–water partition coefficient (Wildman–Crippen LogP) is 4.65. The number of rotatable bonds is 3. The molecule has 0 bridgehead atoms. The van der Waals surface area contributed by atoms with Crippen molar-refractivity contribution >= 4 is 44.6 Å². The van der Waals surface area contributed by atoms with Gasteiger partial charge in [0.05, 0.1) is 5.02 Å². The summed E-state index contributed by atoms with van der Waals surface area (Å²) in [6.07, 6.45) is 0. The molecule has 0 aliphatic rings. The molecule has 1 N–H and O–H groups in total. The summed E-state index contributed by atoms with van der Waals surface area (Å²) in [5, 5.41) is 12.7. The molecule has 0 unspecified atom stereocenters. The number of thiophene rings is 1. The highest BCUT2D eigenvalue weighted by atomic mass is 79.9. The summed E-state index contributed by atoms with van der Waals surface area (Å²) in [4.78, 5) is 1.86. The van der Waals surface area contributed by atoms with Gasteiger partial charge in [-0.2, -0.15) is 5.26 Å². The minimum absolute atomic E-state index is 0.680. The van der Waals surface area contributed by atoms with E-state index in [-0.39, 0.29) is 0 Å². The molecule has 1 heterocycles. The first-order valence-corrected chi connectivity index (χ1v) is 6.85. The van der Waals surface area contributed by atoms with E-state index in [1.54, 1.807) is 0 Å². The molecule has 2 aromatic rings. The third-order valence-corrected chi connectivity index (χ3v) is 4.38. The first-order valence-electron chi connectivity index (χ1n) is 4.87. The molecule has 2 rings (SSSR count). The van der Waals surface area contributed by atoms with Gasteiger partial charge in [0.25, 0.3) is 0 Å². The fourth-order valence-corrected chi connectivity index (χ4v) is 2.50. The van der Waals surface area contributed by atoms with E-state index in [0.29, 0.717) is 11.6 Å². The SMILES string of the molecule is N#Cc1ccc(CNc2ccc(Br)c(Cl)c2)s1. The Labute approximate surface area is 117 Å². The zero-order chi connectivity index (χ0) is 12.3. The standard InChI is InChI=1S/C12H8BrClN2S/c13-11-4-1-8(5-12(11)14)16-7-10-3-2-9(6-15)17-10/h1-5,16H,7H2. The maximum Gasteiger partial charge on any atom is 0.110 e. The number of nitrogens with zero attached hydrogens (tertiary/aromatic N) is 1. The van der Waals surface area contributed by atoms with Crippen LogP contribution < -0.4 is 5.32 Å². The fraction of sp³-hybridized carbons (Fsp3) is 0.0833. The summed E-state index contributed by atoms with van der Waals surface area (Å²) in [5.41, 5.74) is 0.963. The van der Waals surface area contributed by atoms with Crippen LogP contribution in [-0.4, -0.2) is 0 Å². The average Bonchev–Trinajstić information content (AvgIpc) is 2.79. The normalized spacial score (nSPS) is 9.94. The number of halogens is 2. The highest BCUT2D eigenvalue weighted by Crippen LogP contribution is 2.26. The Morgan fingerprint density at radius 1 is 1.35 bits per heavy atom. The van der Waals surface area contributed by atoms with Crippen molar-refractivity contribution in [2.45, 2.75) is 6.54 Å². The highest BCUT2D eigenvalue weighted by Gasteiger charge is 2.01. The molecule has 1 aromatic carbocycles. The highest BCUT2D eigenvalue weighted by molar-refractivity contribution is 9.10. The van der Waals surface area contributed by atoms with Crippen LogP contribution in [0.3, 0.4) is 0 Å². The fourth-order valence-electron chi connectivity index (χ4n) is 1.33. The first-order chi connectivity index (χ1) is 8.19. The molecule has 0 aliphatic carbocycles. The summed E-state index contributed by atoms with van der Waals surface area (Å²) in [5.74, 6) is 0. The summed E-state index contributed by atoms with van der Waals surface area (Å²) in [6.45, 7) is 0.699. The largest absolute Gasteiger partial charge is 0.380 e. The van der Waals surface area contributed by atoms with E-state index < -0.39 is 0 Å². The smallest absolute Gasteiger partial charge is 0.110 e. The Hall–Kier alpha value is -1.02. The Morgan fingerprint density at radius 3 is 2.82 bits per heavy atom. The molecule has 5 heteroatoms. The van der Waals surface area contributed by atoms with Crippen LogP contribution in [0.5, 0.6) is 0 Å². The van der Waals surface area contributed by atoms with E-state index in [1.807, 2.05) is 30.3 Å². The van der Waals surface area contributed by atoms with Crippen molar-refractivity contribution in [3.05, 3.63) is 49.6 Å². The van der Waals surface area contributed by atoms with Gasteiger partial charge in [-0.05, 0) is 46.3 Å². The van der Waals surface area contributed by atoms with Crippen molar-refractivity contribution < 1.29 is 0 Å². The van der Waals surface area contributed by atoms with Crippen LogP contribution in [0.4, 0.5) is 5.69 Å². The topological polar surface area (TPSA) is 35.8 Å². The predicted molar refractivity (Wildman–Crippen MR) is 75.5 cm³/mol. The molecule has 1 aromatic heterocycles. The minimum Gasteiger partial charge on any atom is -0.380 e. The zero-order valence-electron chi connectivity index (χ0n) is 8.71. The van der Waals surface area contributed by atoms with Crippen molar-refractivity contribution in [1.29, 1.82) is 5.26 Å². The van der Waals surface area contributed by atoms with Crippen LogP contribution >= 0.6 is 38.9 Å². The van der Waals surface area contributed by atoms with Crippen molar-refractivity contribution in [2.24, 2.45) is 0 Å². The van der Waals surface area contributed by atoms with Crippen molar-refractivity contribution in [1.82, 2.24) is 0 Å². The number of nitrogens with one attached hydrogen (secondary N) is 1. The number of anilines is 1. The molecular formula is C12H8BrClN2S. The summed E-state index contributed by atoms with van der Waals surface area (Å²) in [6, 6.07) is 11.6. The van der Waals surface area contributed by atoms with Crippen LogP contribution in [-0.2, 0) is 6.54 Å². The van der Waals surface area contributed by atoms with Crippen molar-refractivity contribution in [3.63, 3.8) is 0 Å². The number of benzene rings is 1. The molecule has 0 saturated heterocycles. The molecule has 0 spiro atoms. The van der Waals surface area contributed by atoms with E-state index in [2.05, 4.69) is 27.3 Å². The Bertz CT molecular complexity index is 574. The summed E-state index contributed by atoms with van der Waals surface area (Å²) >= 11 is 10.8. The average molecular weight is 328 g/mol. The van der Waals surface area contributed by atoms with Gasteiger partial charge >= 0.3 is 0 Å². The van der Waals surface area contributed by atoms with Crippen LogP contribution in [0.2, 0.25) is 5.02 Å². The Balaban J connectivity index is 2.02. The third kappa shape index (κ3) is 3.22. The van der Waals surface area contributed by atoms with Gasteiger partial charge < -0.3 is 5.32 Å². The van der Waals surface area contributed by atoms with Crippen molar-refractivity contribution in [2.75, 3.05) is 5.32 Å². The lowest BCUT2D eigenvalue weighted by Gasteiger charge is -2.05. The van der Waals surface area contributed by atoms with Crippen LogP contribution in [0.1, 0.15) is 9.75 Å². The maximum absolute atomic E-state index is 8.72. The number of hydrogen-bond acceptors (Lipinski definition) is 3. The van der Waals surface area contributed by atoms with E-state index in [1.165, 1.54) is 11.3 Å². The molecule has 0 aliphatic heterocycles. The minimum atomic E-state index is 0.680. The lowest BCUT2D eigenvalue weighted by atomic mass is 10.3. The second-order valence-electron chi connectivity index (χ2n) is 3.36. The van der Waals surface area contributed by atoms with Gasteiger partial charge in [0.1, 0.15) is 10.9 Å². The molecule has 0 atom stereocenters. The zero-order valence-corrected chi connectivity index (χ0v) is 11.9. The monoisotopic (exact) mass is 326 g/mol.